The first-order chi connectivity index (χ1) is 7.02. The molecule has 0 aliphatic heterocycles. The minimum absolute atomic E-state index is 0.146. The zero-order valence-electron chi connectivity index (χ0n) is 8.94. The quantitative estimate of drug-likeness (QED) is 0.713. The maximum absolute atomic E-state index is 11.5. The van der Waals surface area contributed by atoms with Crippen molar-refractivity contribution in [3.63, 3.8) is 0 Å². The summed E-state index contributed by atoms with van der Waals surface area (Å²) in [5.41, 5.74) is 0.411. The molecule has 2 amide bonds. The number of H-pyrrole nitrogens is 1. The highest BCUT2D eigenvalue weighted by molar-refractivity contribution is 5.96. The number of rotatable bonds is 3. The molecule has 1 unspecified atom stereocenters. The monoisotopic (exact) mass is 210 g/mol. The first-order valence-electron chi connectivity index (χ1n) is 4.53. The molecule has 0 saturated carbocycles. The van der Waals surface area contributed by atoms with Gasteiger partial charge in [-0.3, -0.25) is 14.7 Å². The minimum atomic E-state index is -0.539. The Bertz CT molecular complexity index is 345. The number of hydrogen-bond acceptors (Lipinski definition) is 3. The zero-order chi connectivity index (χ0) is 11.4. The Balaban J connectivity index is 2.56. The Morgan fingerprint density at radius 3 is 2.67 bits per heavy atom. The van der Waals surface area contributed by atoms with E-state index in [9.17, 15) is 9.59 Å². The third-order valence-electron chi connectivity index (χ3n) is 1.92. The van der Waals surface area contributed by atoms with Crippen LogP contribution in [0.25, 0.3) is 0 Å². The fraction of sp³-hybridized carbons (Fsp3) is 0.444. The number of aromatic amines is 1. The van der Waals surface area contributed by atoms with E-state index in [0.29, 0.717) is 5.56 Å². The molecule has 15 heavy (non-hydrogen) atoms. The van der Waals surface area contributed by atoms with Crippen molar-refractivity contribution in [2.45, 2.75) is 13.0 Å². The van der Waals surface area contributed by atoms with Crippen molar-refractivity contribution in [3.8, 4) is 0 Å². The van der Waals surface area contributed by atoms with Gasteiger partial charge in [0.05, 0.1) is 11.8 Å². The summed E-state index contributed by atoms with van der Waals surface area (Å²) in [6.45, 7) is 1.64. The standard InChI is InChI=1S/C9H14N4O2/c1-6(9(15)13(2)3)12-8(14)7-4-10-11-5-7/h4-6H,1-3H3,(H,10,11)(H,12,14). The van der Waals surface area contributed by atoms with E-state index in [4.69, 9.17) is 0 Å². The molecule has 0 fully saturated rings. The Hall–Kier alpha value is -1.85. The molecule has 1 rings (SSSR count). The molecule has 0 aliphatic rings. The topological polar surface area (TPSA) is 78.1 Å². The van der Waals surface area contributed by atoms with Crippen LogP contribution in [-0.4, -0.2) is 47.0 Å². The maximum Gasteiger partial charge on any atom is 0.255 e. The number of aromatic nitrogens is 2. The molecule has 0 aliphatic carbocycles. The van der Waals surface area contributed by atoms with Gasteiger partial charge < -0.3 is 10.2 Å². The largest absolute Gasteiger partial charge is 0.347 e. The smallest absolute Gasteiger partial charge is 0.255 e. The second-order valence-electron chi connectivity index (χ2n) is 3.41. The van der Waals surface area contributed by atoms with Gasteiger partial charge in [-0.25, -0.2) is 0 Å². The third-order valence-corrected chi connectivity index (χ3v) is 1.92. The summed E-state index contributed by atoms with van der Waals surface area (Å²) in [6.07, 6.45) is 2.88. The molecule has 2 N–H and O–H groups in total. The van der Waals surface area contributed by atoms with Crippen molar-refractivity contribution < 1.29 is 9.59 Å². The fourth-order valence-electron chi connectivity index (χ4n) is 1.10. The van der Waals surface area contributed by atoms with Gasteiger partial charge in [-0.05, 0) is 6.92 Å². The molecular formula is C9H14N4O2. The summed E-state index contributed by atoms with van der Waals surface area (Å²) in [7, 11) is 3.28. The van der Waals surface area contributed by atoms with Crippen LogP contribution in [-0.2, 0) is 4.79 Å². The highest BCUT2D eigenvalue weighted by Crippen LogP contribution is 1.96. The lowest BCUT2D eigenvalue weighted by Gasteiger charge is -2.17. The summed E-state index contributed by atoms with van der Waals surface area (Å²) in [5.74, 6) is -0.460. The summed E-state index contributed by atoms with van der Waals surface area (Å²) >= 11 is 0. The second kappa shape index (κ2) is 4.59. The van der Waals surface area contributed by atoms with Gasteiger partial charge in [0.25, 0.3) is 5.91 Å². The average molecular weight is 210 g/mol. The van der Waals surface area contributed by atoms with E-state index in [-0.39, 0.29) is 11.8 Å². The van der Waals surface area contributed by atoms with E-state index in [0.717, 1.165) is 0 Å². The van der Waals surface area contributed by atoms with Crippen LogP contribution in [0.5, 0.6) is 0 Å². The van der Waals surface area contributed by atoms with Gasteiger partial charge in [0, 0.05) is 20.3 Å². The van der Waals surface area contributed by atoms with E-state index in [1.165, 1.54) is 17.3 Å². The van der Waals surface area contributed by atoms with Gasteiger partial charge in [-0.2, -0.15) is 5.10 Å². The van der Waals surface area contributed by atoms with E-state index in [1.807, 2.05) is 0 Å². The SMILES string of the molecule is CC(NC(=O)c1cn[nH]c1)C(=O)N(C)C. The fourth-order valence-corrected chi connectivity index (χ4v) is 1.10. The predicted molar refractivity (Wildman–Crippen MR) is 54.2 cm³/mol. The molecular weight excluding hydrogens is 196 g/mol. The average Bonchev–Trinajstić information content (AvgIpc) is 2.68. The lowest BCUT2D eigenvalue weighted by molar-refractivity contribution is -0.130. The number of hydrogen-bond donors (Lipinski definition) is 2. The predicted octanol–water partition coefficient (Wildman–Crippen LogP) is -0.384. The van der Waals surface area contributed by atoms with Crippen molar-refractivity contribution in [2.75, 3.05) is 14.1 Å². The Morgan fingerprint density at radius 2 is 2.20 bits per heavy atom. The van der Waals surface area contributed by atoms with Gasteiger partial charge in [-0.15, -0.1) is 0 Å². The molecule has 1 heterocycles. The summed E-state index contributed by atoms with van der Waals surface area (Å²) in [6, 6.07) is -0.539. The molecule has 6 heteroatoms. The van der Waals surface area contributed by atoms with Crippen LogP contribution in [0.1, 0.15) is 17.3 Å². The van der Waals surface area contributed by atoms with E-state index >= 15 is 0 Å². The van der Waals surface area contributed by atoms with Crippen molar-refractivity contribution in [1.82, 2.24) is 20.4 Å². The maximum atomic E-state index is 11.5. The van der Waals surface area contributed by atoms with Crippen LogP contribution in [0.3, 0.4) is 0 Å². The molecule has 82 valence electrons. The van der Waals surface area contributed by atoms with Crippen molar-refractivity contribution >= 4 is 11.8 Å². The van der Waals surface area contributed by atoms with Crippen LogP contribution in [0.4, 0.5) is 0 Å². The molecule has 0 aromatic carbocycles. The molecule has 1 atom stereocenters. The molecule has 0 radical (unpaired) electrons. The summed E-state index contributed by atoms with van der Waals surface area (Å²) < 4.78 is 0. The van der Waals surface area contributed by atoms with E-state index < -0.39 is 6.04 Å². The number of carbonyl (C=O) groups excluding carboxylic acids is 2. The van der Waals surface area contributed by atoms with Crippen LogP contribution in [0, 0.1) is 0 Å². The Kier molecular flexibility index (Phi) is 3.43. The normalized spacial score (nSPS) is 11.9. The van der Waals surface area contributed by atoms with Gasteiger partial charge >= 0.3 is 0 Å². The van der Waals surface area contributed by atoms with Crippen molar-refractivity contribution in [3.05, 3.63) is 18.0 Å². The number of carbonyl (C=O) groups is 2. The number of likely N-dealkylation sites (N-methyl/N-ethyl adjacent to an activating group) is 1. The van der Waals surface area contributed by atoms with E-state index in [1.54, 1.807) is 21.0 Å². The Labute approximate surface area is 87.7 Å². The van der Waals surface area contributed by atoms with Crippen molar-refractivity contribution in [2.24, 2.45) is 0 Å². The molecule has 0 saturated heterocycles. The highest BCUT2D eigenvalue weighted by Gasteiger charge is 2.18. The van der Waals surface area contributed by atoms with Crippen LogP contribution < -0.4 is 5.32 Å². The molecule has 1 aromatic heterocycles. The van der Waals surface area contributed by atoms with Crippen LogP contribution in [0.15, 0.2) is 12.4 Å². The van der Waals surface area contributed by atoms with Gasteiger partial charge in [0.1, 0.15) is 6.04 Å². The van der Waals surface area contributed by atoms with Gasteiger partial charge in [-0.1, -0.05) is 0 Å². The molecule has 1 aromatic rings. The van der Waals surface area contributed by atoms with Crippen LogP contribution >= 0.6 is 0 Å². The molecule has 6 nitrogen and oxygen atoms in total. The lowest BCUT2D eigenvalue weighted by atomic mass is 10.2. The van der Waals surface area contributed by atoms with Gasteiger partial charge in [0.2, 0.25) is 5.91 Å². The van der Waals surface area contributed by atoms with Crippen LogP contribution in [0.2, 0.25) is 0 Å². The van der Waals surface area contributed by atoms with Crippen molar-refractivity contribution in [1.29, 1.82) is 0 Å². The Morgan fingerprint density at radius 1 is 1.53 bits per heavy atom. The van der Waals surface area contributed by atoms with Gasteiger partial charge in [0.15, 0.2) is 0 Å². The van der Waals surface area contributed by atoms with E-state index in [2.05, 4.69) is 15.5 Å². The third kappa shape index (κ3) is 2.80. The number of nitrogens with one attached hydrogen (secondary N) is 2. The number of nitrogens with zero attached hydrogens (tertiary/aromatic N) is 2. The molecule has 0 spiro atoms. The first-order valence-corrected chi connectivity index (χ1v) is 4.53. The lowest BCUT2D eigenvalue weighted by Crippen LogP contribution is -2.44. The molecule has 0 bridgehead atoms. The minimum Gasteiger partial charge on any atom is -0.347 e. The summed E-state index contributed by atoms with van der Waals surface area (Å²) in [4.78, 5) is 24.4. The summed E-state index contributed by atoms with van der Waals surface area (Å²) in [5, 5.41) is 8.75. The zero-order valence-corrected chi connectivity index (χ0v) is 8.94. The first kappa shape index (κ1) is 11.2. The second-order valence-corrected chi connectivity index (χ2v) is 3.41. The highest BCUT2D eigenvalue weighted by atomic mass is 16.2. The number of amides is 2.